The van der Waals surface area contributed by atoms with Crippen LogP contribution in [0.5, 0.6) is 0 Å². The summed E-state index contributed by atoms with van der Waals surface area (Å²) in [5, 5.41) is 0.878. The third-order valence-electron chi connectivity index (χ3n) is 4.46. The summed E-state index contributed by atoms with van der Waals surface area (Å²) in [6, 6.07) is 18.9. The van der Waals surface area contributed by atoms with Crippen LogP contribution in [0.4, 0.5) is 0 Å². The van der Waals surface area contributed by atoms with Gasteiger partial charge in [0, 0.05) is 31.5 Å². The zero-order valence-corrected chi connectivity index (χ0v) is 14.6. The molecule has 3 aromatic rings. The molecule has 0 fully saturated rings. The number of hydrogen-bond donors (Lipinski definition) is 0. The molecule has 2 aromatic heterocycles. The highest BCUT2D eigenvalue weighted by Gasteiger charge is 2.28. The highest BCUT2D eigenvalue weighted by molar-refractivity contribution is 6.32. The van der Waals surface area contributed by atoms with E-state index < -0.39 is 0 Å². The fourth-order valence-corrected chi connectivity index (χ4v) is 3.96. The van der Waals surface area contributed by atoms with Gasteiger partial charge >= 0.3 is 0 Å². The molecular weight excluding hydrogens is 341 g/mol. The predicted octanol–water partition coefficient (Wildman–Crippen LogP) is 4.80. The number of benzene rings is 1. The molecule has 0 saturated heterocycles. The van der Waals surface area contributed by atoms with Crippen molar-refractivity contribution in [2.45, 2.75) is 19.1 Å². The van der Waals surface area contributed by atoms with Crippen molar-refractivity contribution >= 4 is 23.2 Å². The van der Waals surface area contributed by atoms with Crippen molar-refractivity contribution < 1.29 is 0 Å². The molecule has 3 heterocycles. The Balaban J connectivity index is 1.71. The van der Waals surface area contributed by atoms with Gasteiger partial charge in [0.1, 0.15) is 10.3 Å². The molecule has 1 aliphatic heterocycles. The lowest BCUT2D eigenvalue weighted by atomic mass is 9.99. The van der Waals surface area contributed by atoms with Crippen molar-refractivity contribution in [2.75, 3.05) is 6.54 Å². The maximum absolute atomic E-state index is 6.07. The molecule has 0 spiro atoms. The van der Waals surface area contributed by atoms with Crippen molar-refractivity contribution in [3.05, 3.63) is 87.9 Å². The first-order valence-electron chi connectivity index (χ1n) is 7.97. The van der Waals surface area contributed by atoms with Crippen LogP contribution in [0.25, 0.3) is 0 Å². The molecule has 0 saturated carbocycles. The summed E-state index contributed by atoms with van der Waals surface area (Å²) in [4.78, 5) is 6.51. The normalized spacial score (nSPS) is 17.7. The van der Waals surface area contributed by atoms with Crippen molar-refractivity contribution in [2.24, 2.45) is 0 Å². The van der Waals surface area contributed by atoms with E-state index in [2.05, 4.69) is 63.1 Å². The summed E-state index contributed by atoms with van der Waals surface area (Å²) in [5.74, 6) is 0. The lowest BCUT2D eigenvalue weighted by Gasteiger charge is -2.37. The zero-order chi connectivity index (χ0) is 16.5. The number of aromatic nitrogens is 2. The van der Waals surface area contributed by atoms with Crippen LogP contribution < -0.4 is 0 Å². The maximum Gasteiger partial charge on any atom is 0.131 e. The van der Waals surface area contributed by atoms with Gasteiger partial charge in [-0.05, 0) is 35.4 Å². The summed E-state index contributed by atoms with van der Waals surface area (Å²) in [6.45, 7) is 2.74. The average molecular weight is 358 g/mol. The first-order valence-corrected chi connectivity index (χ1v) is 8.72. The SMILES string of the molecule is Clc1cc(CN2CCn3cccc3C2c2ccccc2)cc(Cl)n1. The summed E-state index contributed by atoms with van der Waals surface area (Å²) in [5.41, 5.74) is 3.70. The zero-order valence-electron chi connectivity index (χ0n) is 13.1. The molecule has 1 aromatic carbocycles. The largest absolute Gasteiger partial charge is 0.348 e. The Morgan fingerprint density at radius 2 is 1.71 bits per heavy atom. The molecule has 0 radical (unpaired) electrons. The minimum absolute atomic E-state index is 0.223. The van der Waals surface area contributed by atoms with Gasteiger partial charge in [0.2, 0.25) is 0 Å². The topological polar surface area (TPSA) is 21.1 Å². The van der Waals surface area contributed by atoms with Crippen LogP contribution in [0.3, 0.4) is 0 Å². The fraction of sp³-hybridized carbons (Fsp3) is 0.211. The van der Waals surface area contributed by atoms with E-state index in [0.717, 1.165) is 25.2 Å². The smallest absolute Gasteiger partial charge is 0.131 e. The molecule has 1 aliphatic rings. The molecule has 122 valence electrons. The monoisotopic (exact) mass is 357 g/mol. The molecule has 1 unspecified atom stereocenters. The van der Waals surface area contributed by atoms with E-state index in [1.807, 2.05) is 12.1 Å². The Hall–Kier alpha value is -1.81. The highest BCUT2D eigenvalue weighted by Crippen LogP contribution is 2.33. The molecule has 24 heavy (non-hydrogen) atoms. The average Bonchev–Trinajstić information content (AvgIpc) is 3.03. The Morgan fingerprint density at radius 1 is 0.958 bits per heavy atom. The van der Waals surface area contributed by atoms with E-state index in [0.29, 0.717) is 10.3 Å². The Labute approximate surface area is 151 Å². The molecule has 1 atom stereocenters. The van der Waals surface area contributed by atoms with E-state index in [9.17, 15) is 0 Å². The summed E-state index contributed by atoms with van der Waals surface area (Å²) < 4.78 is 2.33. The molecule has 0 N–H and O–H groups in total. The summed E-state index contributed by atoms with van der Waals surface area (Å²) >= 11 is 12.1. The first kappa shape index (κ1) is 15.7. The lowest BCUT2D eigenvalue weighted by molar-refractivity contribution is 0.174. The third-order valence-corrected chi connectivity index (χ3v) is 4.85. The van der Waals surface area contributed by atoms with Gasteiger partial charge in [-0.3, -0.25) is 4.90 Å². The van der Waals surface area contributed by atoms with Crippen LogP contribution in [0.15, 0.2) is 60.8 Å². The lowest BCUT2D eigenvalue weighted by Crippen LogP contribution is -2.37. The number of pyridine rings is 1. The van der Waals surface area contributed by atoms with Crippen molar-refractivity contribution in [1.29, 1.82) is 0 Å². The number of nitrogens with zero attached hydrogens (tertiary/aromatic N) is 3. The van der Waals surface area contributed by atoms with Gasteiger partial charge in [0.15, 0.2) is 0 Å². The molecule has 4 rings (SSSR count). The fourth-order valence-electron chi connectivity index (χ4n) is 3.46. The Bertz CT molecular complexity index is 825. The highest BCUT2D eigenvalue weighted by atomic mass is 35.5. The summed E-state index contributed by atoms with van der Waals surface area (Å²) in [7, 11) is 0. The first-order chi connectivity index (χ1) is 11.7. The van der Waals surface area contributed by atoms with E-state index >= 15 is 0 Å². The van der Waals surface area contributed by atoms with Crippen molar-refractivity contribution in [3.63, 3.8) is 0 Å². The van der Waals surface area contributed by atoms with Crippen LogP contribution in [0.1, 0.15) is 22.9 Å². The quantitative estimate of drug-likeness (QED) is 0.628. The maximum atomic E-state index is 6.07. The van der Waals surface area contributed by atoms with Gasteiger partial charge in [-0.15, -0.1) is 0 Å². The number of hydrogen-bond acceptors (Lipinski definition) is 2. The van der Waals surface area contributed by atoms with Gasteiger partial charge in [0.05, 0.1) is 6.04 Å². The van der Waals surface area contributed by atoms with Crippen molar-refractivity contribution in [1.82, 2.24) is 14.5 Å². The van der Waals surface area contributed by atoms with Gasteiger partial charge in [-0.25, -0.2) is 4.98 Å². The number of fused-ring (bicyclic) bond motifs is 1. The van der Waals surface area contributed by atoms with Crippen LogP contribution in [-0.4, -0.2) is 21.0 Å². The van der Waals surface area contributed by atoms with E-state index in [1.165, 1.54) is 11.3 Å². The van der Waals surface area contributed by atoms with E-state index in [1.54, 1.807) is 0 Å². The number of halogens is 2. The Kier molecular flexibility index (Phi) is 4.31. The van der Waals surface area contributed by atoms with Gasteiger partial charge in [-0.2, -0.15) is 0 Å². The van der Waals surface area contributed by atoms with Gasteiger partial charge < -0.3 is 4.57 Å². The van der Waals surface area contributed by atoms with Crippen LogP contribution in [0.2, 0.25) is 10.3 Å². The minimum Gasteiger partial charge on any atom is -0.348 e. The molecule has 0 amide bonds. The Morgan fingerprint density at radius 3 is 2.46 bits per heavy atom. The standard InChI is InChI=1S/C19H17Cl2N3/c20-17-11-14(12-18(21)22-17)13-24-10-9-23-8-4-7-16(23)19(24)15-5-2-1-3-6-15/h1-8,11-12,19H,9-10,13H2. The molecular formula is C19H17Cl2N3. The second-order valence-electron chi connectivity index (χ2n) is 6.03. The summed E-state index contributed by atoms with van der Waals surface area (Å²) in [6.07, 6.45) is 2.16. The molecule has 0 bridgehead atoms. The predicted molar refractivity (Wildman–Crippen MR) is 97.4 cm³/mol. The molecule has 0 aliphatic carbocycles. The van der Waals surface area contributed by atoms with Gasteiger partial charge in [0.25, 0.3) is 0 Å². The number of rotatable bonds is 3. The molecule has 5 heteroatoms. The van der Waals surface area contributed by atoms with Crippen molar-refractivity contribution in [3.8, 4) is 0 Å². The van der Waals surface area contributed by atoms with Crippen LogP contribution in [-0.2, 0) is 13.1 Å². The van der Waals surface area contributed by atoms with Crippen LogP contribution >= 0.6 is 23.2 Å². The van der Waals surface area contributed by atoms with E-state index in [4.69, 9.17) is 23.2 Å². The van der Waals surface area contributed by atoms with E-state index in [-0.39, 0.29) is 6.04 Å². The van der Waals surface area contributed by atoms with Gasteiger partial charge in [-0.1, -0.05) is 53.5 Å². The second-order valence-corrected chi connectivity index (χ2v) is 6.81. The van der Waals surface area contributed by atoms with Crippen LogP contribution in [0, 0.1) is 0 Å². The molecule has 3 nitrogen and oxygen atoms in total. The minimum atomic E-state index is 0.223. The second kappa shape index (κ2) is 6.60. The third kappa shape index (κ3) is 3.07.